The van der Waals surface area contributed by atoms with Gasteiger partial charge in [0.1, 0.15) is 17.0 Å². The Morgan fingerprint density at radius 2 is 1.27 bits per heavy atom. The van der Waals surface area contributed by atoms with E-state index in [1.165, 1.54) is 0 Å². The number of nitrogens with one attached hydrogen (secondary N) is 1. The molecule has 0 radical (unpaired) electrons. The molecule has 0 bridgehead atoms. The summed E-state index contributed by atoms with van der Waals surface area (Å²) in [5.41, 5.74) is 20.3. The van der Waals surface area contributed by atoms with E-state index in [0.717, 1.165) is 66.4 Å². The highest BCUT2D eigenvalue weighted by Gasteiger charge is 2.26. The molecule has 3 atom stereocenters. The van der Waals surface area contributed by atoms with E-state index < -0.39 is 6.17 Å². The van der Waals surface area contributed by atoms with Crippen LogP contribution in [-0.2, 0) is 0 Å². The van der Waals surface area contributed by atoms with Gasteiger partial charge in [-0.1, -0.05) is 103 Å². The third-order valence-corrected chi connectivity index (χ3v) is 8.55. The Bertz CT molecular complexity index is 2250. The molecular formula is C38H31N5O. The summed E-state index contributed by atoms with van der Waals surface area (Å²) in [6.45, 7) is 0. The summed E-state index contributed by atoms with van der Waals surface area (Å²) in [4.78, 5) is 5.27. The first-order chi connectivity index (χ1) is 21.7. The third-order valence-electron chi connectivity index (χ3n) is 8.55. The fourth-order valence-electron chi connectivity index (χ4n) is 6.41. The van der Waals surface area contributed by atoms with E-state index in [9.17, 15) is 0 Å². The second-order valence-corrected chi connectivity index (χ2v) is 11.2. The molecule has 0 saturated carbocycles. The second-order valence-electron chi connectivity index (χ2n) is 11.2. The van der Waals surface area contributed by atoms with E-state index >= 15 is 0 Å². The number of fused-ring (bicyclic) bond motifs is 7. The van der Waals surface area contributed by atoms with Gasteiger partial charge in [0.2, 0.25) is 0 Å². The number of hydrogen-bond donors (Lipinski definition) is 3. The number of furan rings is 1. The summed E-state index contributed by atoms with van der Waals surface area (Å²) in [7, 11) is 0. The standard InChI is InChI=1S/C38H31N5O/c39-35(24-12-3-1-4-13-24)36(42-38(40)25-14-5-2-6-15-25)29-18-11-21-33(41-29)43-30-19-9-7-17-28(30)34-31(43)23-22-27-26-16-8-10-20-32(26)44-37(27)34/h1-23,35-36,38,42H,39-40H2/t35-,36?,38?/m0/s1. The minimum Gasteiger partial charge on any atom is -0.455 e. The molecule has 0 spiro atoms. The van der Waals surface area contributed by atoms with E-state index in [4.69, 9.17) is 20.9 Å². The molecule has 0 aliphatic heterocycles. The van der Waals surface area contributed by atoms with Gasteiger partial charge in [0.25, 0.3) is 0 Å². The van der Waals surface area contributed by atoms with Crippen molar-refractivity contribution >= 4 is 43.7 Å². The number of pyridine rings is 1. The number of nitrogens with zero attached hydrogens (tertiary/aromatic N) is 2. The molecule has 3 heterocycles. The molecule has 6 heteroatoms. The summed E-state index contributed by atoms with van der Waals surface area (Å²) < 4.78 is 8.69. The molecule has 0 fully saturated rings. The lowest BCUT2D eigenvalue weighted by Crippen LogP contribution is -2.38. The minimum absolute atomic E-state index is 0.359. The Morgan fingerprint density at radius 1 is 0.591 bits per heavy atom. The zero-order valence-electron chi connectivity index (χ0n) is 24.0. The number of hydrogen-bond acceptors (Lipinski definition) is 5. The molecule has 5 aromatic carbocycles. The van der Waals surface area contributed by atoms with Gasteiger partial charge in [0.05, 0.1) is 40.4 Å². The summed E-state index contributed by atoms with van der Waals surface area (Å²) >= 11 is 0. The average Bonchev–Trinajstić information content (AvgIpc) is 3.63. The SMILES string of the molecule is NC(NC(c1cccc(-n2c3ccccc3c3c4oc5ccccc5c4ccc32)n1)[C@@H](N)c1ccccc1)c1ccccc1. The molecule has 214 valence electrons. The van der Waals surface area contributed by atoms with Crippen LogP contribution in [0.5, 0.6) is 0 Å². The first kappa shape index (κ1) is 26.4. The molecule has 3 aromatic heterocycles. The number of para-hydroxylation sites is 2. The first-order valence-electron chi connectivity index (χ1n) is 14.9. The number of aromatic nitrogens is 2. The van der Waals surface area contributed by atoms with Gasteiger partial charge in [-0.25, -0.2) is 4.98 Å². The molecule has 0 aliphatic carbocycles. The first-order valence-corrected chi connectivity index (χ1v) is 14.9. The molecule has 5 N–H and O–H groups in total. The topological polar surface area (TPSA) is 95.0 Å². The van der Waals surface area contributed by atoms with Crippen LogP contribution < -0.4 is 16.8 Å². The molecule has 6 nitrogen and oxygen atoms in total. The van der Waals surface area contributed by atoms with Crippen molar-refractivity contribution in [2.45, 2.75) is 18.2 Å². The highest BCUT2D eigenvalue weighted by atomic mass is 16.3. The third kappa shape index (κ3) is 4.36. The minimum atomic E-state index is -0.434. The molecule has 8 rings (SSSR count). The molecule has 0 saturated heterocycles. The fourth-order valence-corrected chi connectivity index (χ4v) is 6.41. The van der Waals surface area contributed by atoms with Gasteiger partial charge in [-0.05, 0) is 47.5 Å². The lowest BCUT2D eigenvalue weighted by atomic mass is 9.96. The highest BCUT2D eigenvalue weighted by Crippen LogP contribution is 2.40. The Kier molecular flexibility index (Phi) is 6.46. The van der Waals surface area contributed by atoms with Gasteiger partial charge in [-0.3, -0.25) is 9.88 Å². The van der Waals surface area contributed by atoms with Crippen LogP contribution in [0.4, 0.5) is 0 Å². The van der Waals surface area contributed by atoms with Crippen molar-refractivity contribution in [3.05, 3.63) is 156 Å². The van der Waals surface area contributed by atoms with Crippen molar-refractivity contribution in [3.8, 4) is 5.82 Å². The maximum absolute atomic E-state index is 6.97. The molecule has 8 aromatic rings. The van der Waals surface area contributed by atoms with Crippen LogP contribution in [-0.4, -0.2) is 9.55 Å². The largest absolute Gasteiger partial charge is 0.455 e. The van der Waals surface area contributed by atoms with Gasteiger partial charge in [-0.2, -0.15) is 0 Å². The van der Waals surface area contributed by atoms with Gasteiger partial charge in [0, 0.05) is 16.2 Å². The Morgan fingerprint density at radius 3 is 2.07 bits per heavy atom. The van der Waals surface area contributed by atoms with E-state index in [1.807, 2.05) is 91.0 Å². The molecule has 2 unspecified atom stereocenters. The van der Waals surface area contributed by atoms with E-state index in [2.05, 4.69) is 58.4 Å². The Hall–Kier alpha value is -5.27. The average molecular weight is 574 g/mol. The number of rotatable bonds is 7. The monoisotopic (exact) mass is 573 g/mol. The molecule has 44 heavy (non-hydrogen) atoms. The second kappa shape index (κ2) is 10.8. The predicted octanol–water partition coefficient (Wildman–Crippen LogP) is 8.07. The van der Waals surface area contributed by atoms with Crippen LogP contribution in [0.3, 0.4) is 0 Å². The van der Waals surface area contributed by atoms with Crippen molar-refractivity contribution in [1.82, 2.24) is 14.9 Å². The van der Waals surface area contributed by atoms with E-state index in [1.54, 1.807) is 0 Å². The maximum atomic E-state index is 6.97. The van der Waals surface area contributed by atoms with Gasteiger partial charge >= 0.3 is 0 Å². The summed E-state index contributed by atoms with van der Waals surface area (Å²) in [6, 6.07) is 46.4. The normalized spacial score (nSPS) is 14.0. The maximum Gasteiger partial charge on any atom is 0.145 e. The summed E-state index contributed by atoms with van der Waals surface area (Å²) in [6.07, 6.45) is -0.434. The van der Waals surface area contributed by atoms with E-state index in [0.29, 0.717) is 0 Å². The van der Waals surface area contributed by atoms with Crippen molar-refractivity contribution in [1.29, 1.82) is 0 Å². The van der Waals surface area contributed by atoms with Gasteiger partial charge < -0.3 is 15.9 Å². The fraction of sp³-hybridized carbons (Fsp3) is 0.0789. The van der Waals surface area contributed by atoms with Crippen LogP contribution in [0.2, 0.25) is 0 Å². The summed E-state index contributed by atoms with van der Waals surface area (Å²) in [5, 5.41) is 8.00. The van der Waals surface area contributed by atoms with Crippen molar-refractivity contribution in [2.75, 3.05) is 0 Å². The predicted molar refractivity (Wildman–Crippen MR) is 178 cm³/mol. The number of nitrogens with two attached hydrogens (primary N) is 2. The van der Waals surface area contributed by atoms with Crippen LogP contribution >= 0.6 is 0 Å². The van der Waals surface area contributed by atoms with Gasteiger partial charge in [0.15, 0.2) is 0 Å². The van der Waals surface area contributed by atoms with Crippen molar-refractivity contribution < 1.29 is 4.42 Å². The highest BCUT2D eigenvalue weighted by molar-refractivity contribution is 6.23. The van der Waals surface area contributed by atoms with Crippen LogP contribution in [0.25, 0.3) is 49.6 Å². The van der Waals surface area contributed by atoms with Crippen LogP contribution in [0.1, 0.15) is 35.1 Å². The van der Waals surface area contributed by atoms with Crippen molar-refractivity contribution in [2.24, 2.45) is 11.5 Å². The smallest absolute Gasteiger partial charge is 0.145 e. The Balaban J connectivity index is 1.30. The quantitative estimate of drug-likeness (QED) is 0.168. The zero-order valence-corrected chi connectivity index (χ0v) is 24.0. The molecular weight excluding hydrogens is 542 g/mol. The number of benzene rings is 5. The molecule has 0 aliphatic rings. The molecule has 0 amide bonds. The van der Waals surface area contributed by atoms with Crippen LogP contribution in [0.15, 0.2) is 144 Å². The zero-order chi connectivity index (χ0) is 29.6. The Labute approximate surface area is 254 Å². The van der Waals surface area contributed by atoms with Crippen molar-refractivity contribution in [3.63, 3.8) is 0 Å². The van der Waals surface area contributed by atoms with Gasteiger partial charge in [-0.15, -0.1) is 0 Å². The van der Waals surface area contributed by atoms with E-state index in [-0.39, 0.29) is 12.1 Å². The van der Waals surface area contributed by atoms with Crippen LogP contribution in [0, 0.1) is 0 Å². The lowest BCUT2D eigenvalue weighted by Gasteiger charge is -2.29. The lowest BCUT2D eigenvalue weighted by molar-refractivity contribution is 0.391. The summed E-state index contributed by atoms with van der Waals surface area (Å²) in [5.74, 6) is 0.796.